The van der Waals surface area contributed by atoms with E-state index in [0.29, 0.717) is 25.8 Å². The van der Waals surface area contributed by atoms with Gasteiger partial charge in [0.05, 0.1) is 10.8 Å². The van der Waals surface area contributed by atoms with Gasteiger partial charge in [-0.25, -0.2) is 8.42 Å². The second-order valence-corrected chi connectivity index (χ2v) is 24.3. The fourth-order valence-electron chi connectivity index (χ4n) is 12.7. The van der Waals surface area contributed by atoms with E-state index in [0.717, 1.165) is 83.6 Å². The number of nitrogens with zero attached hydrogens (tertiary/aromatic N) is 2. The molecule has 0 aromatic carbocycles. The van der Waals surface area contributed by atoms with Crippen LogP contribution in [-0.2, 0) is 34.0 Å². The molecule has 13 nitrogen and oxygen atoms in total. The van der Waals surface area contributed by atoms with Crippen LogP contribution in [0.2, 0.25) is 0 Å². The van der Waals surface area contributed by atoms with Crippen LogP contribution in [0.5, 0.6) is 0 Å². The Bertz CT molecular complexity index is 1860. The first-order valence-corrected chi connectivity index (χ1v) is 24.7. The zero-order chi connectivity index (χ0) is 43.8. The molecule has 2 saturated heterocycles. The summed E-state index contributed by atoms with van der Waals surface area (Å²) in [6.45, 7) is 21.1. The van der Waals surface area contributed by atoms with Crippen LogP contribution in [0.1, 0.15) is 158 Å². The molecule has 7 aliphatic rings. The van der Waals surface area contributed by atoms with Crippen molar-refractivity contribution >= 4 is 39.6 Å². The average Bonchev–Trinajstić information content (AvgIpc) is 3.89. The fourth-order valence-corrected chi connectivity index (χ4v) is 14.2. The topological polar surface area (TPSA) is 174 Å². The zero-order valence-corrected chi connectivity index (χ0v) is 38.5. The smallest absolute Gasteiger partial charge is 0.259 e. The van der Waals surface area contributed by atoms with E-state index >= 15 is 4.79 Å². The van der Waals surface area contributed by atoms with Crippen molar-refractivity contribution in [2.45, 2.75) is 199 Å². The third-order valence-corrected chi connectivity index (χ3v) is 19.5. The first-order valence-electron chi connectivity index (χ1n) is 23.2. The highest BCUT2D eigenvalue weighted by Crippen LogP contribution is 2.88. The molecule has 0 bridgehead atoms. The number of rotatable bonds is 13. The molecule has 0 aromatic rings. The largest absolute Gasteiger partial charge is 0.343 e. The van der Waals surface area contributed by atoms with Crippen LogP contribution in [0.4, 0.5) is 0 Å². The van der Waals surface area contributed by atoms with Crippen molar-refractivity contribution in [2.75, 3.05) is 13.1 Å². The second kappa shape index (κ2) is 15.7. The molecule has 0 radical (unpaired) electrons. The van der Waals surface area contributed by atoms with Crippen LogP contribution in [0.3, 0.4) is 0 Å². The first-order chi connectivity index (χ1) is 28.0. The van der Waals surface area contributed by atoms with E-state index in [2.05, 4.69) is 59.8 Å². The highest BCUT2D eigenvalue weighted by Gasteiger charge is 2.85. The summed E-state index contributed by atoms with van der Waals surface area (Å²) in [4.78, 5) is 76.7. The minimum atomic E-state index is -4.01. The van der Waals surface area contributed by atoms with E-state index in [1.54, 1.807) is 17.9 Å². The molecule has 0 aromatic heterocycles. The Balaban J connectivity index is 1.16. The molecular formula is C46H74N6O7S. The SMILES string of the molecule is C=C[C@@H]1C[C@]1(NC(=O)[C@@H]1C[C@@]2(CN1C(=O)[C@@H](NC(=O)[C@@H](NC(=O)[C@@H]1CCCCN1C(C)C)C1CCCCC1)C(C)(C)C)C(C)(C)C21CCC1)C(=O)NS(=O)(=O)C1(C)CCC1. The summed E-state index contributed by atoms with van der Waals surface area (Å²) in [7, 11) is -4.01. The molecule has 2 aliphatic heterocycles. The van der Waals surface area contributed by atoms with Gasteiger partial charge in [-0.15, -0.1) is 6.58 Å². The van der Waals surface area contributed by atoms with E-state index in [1.165, 1.54) is 0 Å². The van der Waals surface area contributed by atoms with Crippen LogP contribution in [-0.4, -0.2) is 101 Å². The molecule has 2 spiro atoms. The minimum absolute atomic E-state index is 0.0159. The third kappa shape index (κ3) is 7.22. The molecule has 60 heavy (non-hydrogen) atoms. The Morgan fingerprint density at radius 2 is 1.42 bits per heavy atom. The monoisotopic (exact) mass is 855 g/mol. The number of hydrogen-bond acceptors (Lipinski definition) is 8. The predicted octanol–water partition coefficient (Wildman–Crippen LogP) is 5.09. The molecule has 5 aliphatic carbocycles. The van der Waals surface area contributed by atoms with E-state index in [-0.39, 0.29) is 58.4 Å². The minimum Gasteiger partial charge on any atom is -0.343 e. The lowest BCUT2D eigenvalue weighted by Crippen LogP contribution is -2.63. The molecule has 7 fully saturated rings. The molecule has 0 unspecified atom stereocenters. The number of nitrogens with one attached hydrogen (secondary N) is 4. The van der Waals surface area contributed by atoms with Gasteiger partial charge in [0.25, 0.3) is 5.91 Å². The maximum absolute atomic E-state index is 15.3. The summed E-state index contributed by atoms with van der Waals surface area (Å²) >= 11 is 0. The van der Waals surface area contributed by atoms with Crippen LogP contribution in [0.25, 0.3) is 0 Å². The maximum atomic E-state index is 15.3. The van der Waals surface area contributed by atoms with Crippen molar-refractivity contribution in [3.05, 3.63) is 12.7 Å². The maximum Gasteiger partial charge on any atom is 0.259 e. The summed E-state index contributed by atoms with van der Waals surface area (Å²) in [5.41, 5.74) is -2.76. The normalized spacial score (nSPS) is 32.9. The summed E-state index contributed by atoms with van der Waals surface area (Å²) in [6, 6.07) is -2.91. The Labute approximate surface area is 359 Å². The van der Waals surface area contributed by atoms with Crippen LogP contribution in [0, 0.1) is 33.5 Å². The summed E-state index contributed by atoms with van der Waals surface area (Å²) in [6.07, 6.45) is 14.3. The van der Waals surface area contributed by atoms with Crippen molar-refractivity contribution in [3.63, 3.8) is 0 Å². The Morgan fingerprint density at radius 3 is 1.93 bits per heavy atom. The third-order valence-electron chi connectivity index (χ3n) is 17.3. The second-order valence-electron chi connectivity index (χ2n) is 22.1. The van der Waals surface area contributed by atoms with Gasteiger partial charge in [0, 0.05) is 23.9 Å². The molecule has 5 amide bonds. The molecule has 336 valence electrons. The van der Waals surface area contributed by atoms with E-state index < -0.39 is 61.6 Å². The number of piperidine rings is 1. The molecular weight excluding hydrogens is 781 g/mol. The molecule has 14 heteroatoms. The van der Waals surface area contributed by atoms with E-state index in [4.69, 9.17) is 0 Å². The lowest BCUT2D eigenvalue weighted by molar-refractivity contribution is -0.145. The molecule has 7 atom stereocenters. The van der Waals surface area contributed by atoms with Gasteiger partial charge in [0.1, 0.15) is 23.7 Å². The average molecular weight is 855 g/mol. The summed E-state index contributed by atoms with van der Waals surface area (Å²) in [5.74, 6) is -2.71. The van der Waals surface area contributed by atoms with Crippen LogP contribution < -0.4 is 20.7 Å². The standard InChI is InChI=1S/C46H74N6O7S/c1-10-31-26-46(31,40(57)50-60(58,59)43(9)21-16-22-43)49-37(54)33-27-45(42(7,8)44(45)23-17-24-44)28-52(33)39(56)35(41(4,5)6)48-38(55)34(30-18-12-11-13-19-30)47-36(53)32-20-14-15-25-51(32)29(2)3/h10,29-35H,1,11-28H2,2-9H3,(H,47,53)(H,48,55)(H,49,54)(H,50,57)/t31-,32+,33+,34+,35-,45-,46-/m1/s1. The number of carbonyl (C=O) groups excluding carboxylic acids is 5. The highest BCUT2D eigenvalue weighted by molar-refractivity contribution is 7.91. The van der Waals surface area contributed by atoms with Crippen molar-refractivity contribution in [2.24, 2.45) is 33.5 Å². The van der Waals surface area contributed by atoms with Gasteiger partial charge < -0.3 is 20.9 Å². The summed E-state index contributed by atoms with van der Waals surface area (Å²) < 4.78 is 28.0. The number of carbonyl (C=O) groups is 5. The quantitative estimate of drug-likeness (QED) is 0.186. The number of fused-ring (bicyclic) bond motifs is 1. The lowest BCUT2D eigenvalue weighted by Gasteiger charge is -2.40. The molecule has 7 rings (SSSR count). The summed E-state index contributed by atoms with van der Waals surface area (Å²) in [5, 5.41) is 9.36. The molecule has 5 saturated carbocycles. The van der Waals surface area contributed by atoms with Gasteiger partial charge in [0.15, 0.2) is 0 Å². The Kier molecular flexibility index (Phi) is 11.8. The van der Waals surface area contributed by atoms with Crippen LogP contribution >= 0.6 is 0 Å². The van der Waals surface area contributed by atoms with Gasteiger partial charge in [0.2, 0.25) is 33.7 Å². The first kappa shape index (κ1) is 45.0. The number of hydrogen-bond donors (Lipinski definition) is 4. The molecule has 2 heterocycles. The zero-order valence-electron chi connectivity index (χ0n) is 37.7. The van der Waals surface area contributed by atoms with Gasteiger partial charge >= 0.3 is 0 Å². The van der Waals surface area contributed by atoms with Gasteiger partial charge in [-0.3, -0.25) is 33.6 Å². The molecule has 4 N–H and O–H groups in total. The van der Waals surface area contributed by atoms with Gasteiger partial charge in [-0.05, 0) is 114 Å². The van der Waals surface area contributed by atoms with E-state index in [1.807, 2.05) is 20.8 Å². The predicted molar refractivity (Wildman–Crippen MR) is 230 cm³/mol. The van der Waals surface area contributed by atoms with Crippen LogP contribution in [0.15, 0.2) is 12.7 Å². The highest BCUT2D eigenvalue weighted by atomic mass is 32.2. The number of amides is 5. The van der Waals surface area contributed by atoms with Crippen molar-refractivity contribution in [1.29, 1.82) is 0 Å². The number of likely N-dealkylation sites (tertiary alicyclic amines) is 2. The van der Waals surface area contributed by atoms with Gasteiger partial charge in [-0.1, -0.05) is 79.2 Å². The van der Waals surface area contributed by atoms with Crippen molar-refractivity contribution in [3.8, 4) is 0 Å². The fraction of sp³-hybridized carbons (Fsp3) is 0.848. The lowest BCUT2D eigenvalue weighted by atomic mass is 9.73. The number of sulfonamides is 1. The van der Waals surface area contributed by atoms with Crippen molar-refractivity contribution < 1.29 is 32.4 Å². The van der Waals surface area contributed by atoms with Gasteiger partial charge in [-0.2, -0.15) is 0 Å². The van der Waals surface area contributed by atoms with E-state index in [9.17, 15) is 27.6 Å². The Hall–Kier alpha value is -3.00. The van der Waals surface area contributed by atoms with Crippen molar-refractivity contribution in [1.82, 2.24) is 30.5 Å². The Morgan fingerprint density at radius 1 is 0.783 bits per heavy atom.